The van der Waals surface area contributed by atoms with E-state index in [2.05, 4.69) is 46.7 Å². The van der Waals surface area contributed by atoms with Crippen molar-refractivity contribution in [3.8, 4) is 0 Å². The number of nitrogens with zero attached hydrogens (tertiary/aromatic N) is 1. The van der Waals surface area contributed by atoms with Crippen LogP contribution < -0.4 is 10.6 Å². The molecule has 2 N–H and O–H groups in total. The minimum atomic E-state index is 0.526. The number of anilines is 1. The Labute approximate surface area is 163 Å². The van der Waals surface area contributed by atoms with Crippen LogP contribution in [0.3, 0.4) is 0 Å². The van der Waals surface area contributed by atoms with Crippen molar-refractivity contribution >= 4 is 23.0 Å². The molecular formula is C22H33N3S. The summed E-state index contributed by atoms with van der Waals surface area (Å²) >= 11 is 5.61. The molecule has 3 nitrogen and oxygen atoms in total. The Bertz CT molecular complexity index is 594. The molecule has 0 amide bonds. The molecule has 1 aromatic rings. The van der Waals surface area contributed by atoms with Crippen LogP contribution in [-0.2, 0) is 6.42 Å². The first-order chi connectivity index (χ1) is 12.7. The summed E-state index contributed by atoms with van der Waals surface area (Å²) in [6.07, 6.45) is 13.5. The van der Waals surface area contributed by atoms with Gasteiger partial charge in [0.15, 0.2) is 5.11 Å². The molecule has 3 aliphatic rings. The molecule has 4 heteroatoms. The van der Waals surface area contributed by atoms with Crippen LogP contribution in [0.1, 0.15) is 70.3 Å². The molecular weight excluding hydrogens is 338 g/mol. The fraction of sp³-hybridized carbons (Fsp3) is 0.682. The molecule has 0 spiro atoms. The minimum absolute atomic E-state index is 0.526. The van der Waals surface area contributed by atoms with E-state index in [1.807, 2.05) is 0 Å². The Morgan fingerprint density at radius 2 is 1.58 bits per heavy atom. The monoisotopic (exact) mass is 371 g/mol. The van der Waals surface area contributed by atoms with Gasteiger partial charge in [-0.1, -0.05) is 38.3 Å². The summed E-state index contributed by atoms with van der Waals surface area (Å²) in [5.41, 5.74) is 2.45. The maximum atomic E-state index is 5.61. The van der Waals surface area contributed by atoms with Crippen molar-refractivity contribution < 1.29 is 0 Å². The van der Waals surface area contributed by atoms with Gasteiger partial charge >= 0.3 is 0 Å². The fourth-order valence-corrected chi connectivity index (χ4v) is 5.80. The molecule has 1 saturated carbocycles. The van der Waals surface area contributed by atoms with E-state index in [9.17, 15) is 0 Å². The first-order valence-electron chi connectivity index (χ1n) is 10.7. The van der Waals surface area contributed by atoms with Gasteiger partial charge in [-0.15, -0.1) is 0 Å². The molecule has 4 rings (SSSR count). The standard InChI is InChI=1S/C22H33N3S/c1-2-16-10-12-17(13-11-16)23-22(26)24-18-14-20-8-5-9-21(15-18)25(20)19-6-3-4-7-19/h10-13,18-21H,2-9,14-15H2,1H3,(H2,23,24,26)/t18?,20-,21+. The average Bonchev–Trinajstić information content (AvgIpc) is 3.16. The van der Waals surface area contributed by atoms with Gasteiger partial charge in [0.05, 0.1) is 0 Å². The van der Waals surface area contributed by atoms with Crippen molar-refractivity contribution in [1.29, 1.82) is 0 Å². The van der Waals surface area contributed by atoms with Gasteiger partial charge in [-0.3, -0.25) is 4.90 Å². The molecule has 142 valence electrons. The van der Waals surface area contributed by atoms with E-state index in [4.69, 9.17) is 12.2 Å². The largest absolute Gasteiger partial charge is 0.360 e. The molecule has 2 aliphatic heterocycles. The minimum Gasteiger partial charge on any atom is -0.360 e. The lowest BCUT2D eigenvalue weighted by Crippen LogP contribution is -2.59. The van der Waals surface area contributed by atoms with E-state index in [0.29, 0.717) is 6.04 Å². The van der Waals surface area contributed by atoms with Gasteiger partial charge in [-0.2, -0.15) is 0 Å². The summed E-state index contributed by atoms with van der Waals surface area (Å²) in [7, 11) is 0. The second-order valence-corrected chi connectivity index (χ2v) is 8.85. The topological polar surface area (TPSA) is 27.3 Å². The summed E-state index contributed by atoms with van der Waals surface area (Å²) in [5, 5.41) is 7.79. The van der Waals surface area contributed by atoms with Crippen LogP contribution in [0.15, 0.2) is 24.3 Å². The second kappa shape index (κ2) is 8.26. The van der Waals surface area contributed by atoms with E-state index in [1.54, 1.807) is 0 Å². The molecule has 2 bridgehead atoms. The lowest BCUT2D eigenvalue weighted by atomic mass is 9.80. The number of benzene rings is 1. The Morgan fingerprint density at radius 3 is 2.19 bits per heavy atom. The third kappa shape index (κ3) is 4.07. The Kier molecular flexibility index (Phi) is 5.80. The lowest BCUT2D eigenvalue weighted by Gasteiger charge is -2.52. The highest BCUT2D eigenvalue weighted by molar-refractivity contribution is 7.80. The van der Waals surface area contributed by atoms with Crippen molar-refractivity contribution in [1.82, 2.24) is 10.2 Å². The zero-order valence-electron chi connectivity index (χ0n) is 16.0. The average molecular weight is 372 g/mol. The smallest absolute Gasteiger partial charge is 0.170 e. The van der Waals surface area contributed by atoms with Crippen molar-refractivity contribution in [2.24, 2.45) is 0 Å². The van der Waals surface area contributed by atoms with Gasteiger partial charge < -0.3 is 10.6 Å². The SMILES string of the molecule is CCc1ccc(NC(=S)NC2C[C@H]3CCC[C@@H](C2)N3C2CCCC2)cc1. The van der Waals surface area contributed by atoms with Crippen LogP contribution >= 0.6 is 12.2 Å². The predicted octanol–water partition coefficient (Wildman–Crippen LogP) is 4.86. The van der Waals surface area contributed by atoms with E-state index >= 15 is 0 Å². The molecule has 3 fully saturated rings. The molecule has 1 unspecified atom stereocenters. The zero-order chi connectivity index (χ0) is 17.9. The van der Waals surface area contributed by atoms with Crippen molar-refractivity contribution in [3.05, 3.63) is 29.8 Å². The molecule has 0 radical (unpaired) electrons. The van der Waals surface area contributed by atoms with Gasteiger partial charge in [0.2, 0.25) is 0 Å². The van der Waals surface area contributed by atoms with Gasteiger partial charge in [0, 0.05) is 29.9 Å². The van der Waals surface area contributed by atoms with E-state index < -0.39 is 0 Å². The zero-order valence-corrected chi connectivity index (χ0v) is 16.9. The summed E-state index contributed by atoms with van der Waals surface area (Å²) in [6.45, 7) is 2.18. The molecule has 2 saturated heterocycles. The number of hydrogen-bond donors (Lipinski definition) is 2. The Morgan fingerprint density at radius 1 is 0.962 bits per heavy atom. The van der Waals surface area contributed by atoms with Crippen molar-refractivity contribution in [2.75, 3.05) is 5.32 Å². The van der Waals surface area contributed by atoms with E-state index in [-0.39, 0.29) is 0 Å². The highest BCUT2D eigenvalue weighted by Gasteiger charge is 2.42. The second-order valence-electron chi connectivity index (χ2n) is 8.44. The first kappa shape index (κ1) is 18.2. The first-order valence-corrected chi connectivity index (χ1v) is 11.1. The third-order valence-electron chi connectivity index (χ3n) is 6.73. The molecule has 26 heavy (non-hydrogen) atoms. The Hall–Kier alpha value is -1.13. The van der Waals surface area contributed by atoms with E-state index in [1.165, 1.54) is 63.4 Å². The fourth-order valence-electron chi connectivity index (χ4n) is 5.51. The number of aryl methyl sites for hydroxylation is 1. The van der Waals surface area contributed by atoms with Gasteiger partial charge in [0.25, 0.3) is 0 Å². The van der Waals surface area contributed by atoms with Crippen LogP contribution in [0.25, 0.3) is 0 Å². The van der Waals surface area contributed by atoms with E-state index in [0.717, 1.165) is 35.3 Å². The summed E-state index contributed by atoms with van der Waals surface area (Å²) < 4.78 is 0. The highest BCUT2D eigenvalue weighted by Crippen LogP contribution is 2.39. The molecule has 0 aromatic heterocycles. The molecule has 1 aromatic carbocycles. The maximum Gasteiger partial charge on any atom is 0.170 e. The van der Waals surface area contributed by atoms with Crippen LogP contribution in [0, 0.1) is 0 Å². The molecule has 3 atom stereocenters. The number of hydrogen-bond acceptors (Lipinski definition) is 2. The molecule has 2 heterocycles. The van der Waals surface area contributed by atoms with Crippen LogP contribution in [0.5, 0.6) is 0 Å². The van der Waals surface area contributed by atoms with Crippen LogP contribution in [0.4, 0.5) is 5.69 Å². The summed E-state index contributed by atoms with van der Waals surface area (Å²) in [5.74, 6) is 0. The molecule has 1 aliphatic carbocycles. The lowest BCUT2D eigenvalue weighted by molar-refractivity contribution is -0.00596. The van der Waals surface area contributed by atoms with Crippen molar-refractivity contribution in [2.45, 2.75) is 95.3 Å². The number of nitrogens with one attached hydrogen (secondary N) is 2. The quantitative estimate of drug-likeness (QED) is 0.739. The van der Waals surface area contributed by atoms with Crippen LogP contribution in [0.2, 0.25) is 0 Å². The normalized spacial score (nSPS) is 29.5. The Balaban J connectivity index is 1.33. The van der Waals surface area contributed by atoms with Gasteiger partial charge in [0.1, 0.15) is 0 Å². The summed E-state index contributed by atoms with van der Waals surface area (Å²) in [6, 6.07) is 11.6. The number of rotatable bonds is 4. The van der Waals surface area contributed by atoms with Gasteiger partial charge in [-0.05, 0) is 74.9 Å². The van der Waals surface area contributed by atoms with Gasteiger partial charge in [-0.25, -0.2) is 0 Å². The number of fused-ring (bicyclic) bond motifs is 2. The maximum absolute atomic E-state index is 5.61. The summed E-state index contributed by atoms with van der Waals surface area (Å²) in [4.78, 5) is 2.93. The third-order valence-corrected chi connectivity index (χ3v) is 6.95. The number of piperidine rings is 2. The number of thiocarbonyl (C=S) groups is 1. The highest BCUT2D eigenvalue weighted by atomic mass is 32.1. The van der Waals surface area contributed by atoms with Crippen LogP contribution in [-0.4, -0.2) is 34.2 Å². The van der Waals surface area contributed by atoms with Crippen molar-refractivity contribution in [3.63, 3.8) is 0 Å². The predicted molar refractivity (Wildman–Crippen MR) is 114 cm³/mol.